The molecule has 2 N–H and O–H groups in total. The molecule has 0 aliphatic heterocycles. The Morgan fingerprint density at radius 2 is 2.14 bits per heavy atom. The first kappa shape index (κ1) is 15.7. The molecule has 114 valence electrons. The summed E-state index contributed by atoms with van der Waals surface area (Å²) in [5.74, 6) is 0.459. The van der Waals surface area contributed by atoms with Crippen molar-refractivity contribution in [2.45, 2.75) is 46.6 Å². The zero-order valence-electron chi connectivity index (χ0n) is 12.8. The van der Waals surface area contributed by atoms with Crippen LogP contribution in [0.3, 0.4) is 0 Å². The molecule has 0 bridgehead atoms. The normalized spacial score (nSPS) is 14.1. The summed E-state index contributed by atoms with van der Waals surface area (Å²) >= 11 is 1.64. The van der Waals surface area contributed by atoms with Crippen molar-refractivity contribution >= 4 is 33.3 Å². The van der Waals surface area contributed by atoms with Crippen molar-refractivity contribution < 1.29 is 9.90 Å². The van der Waals surface area contributed by atoms with Crippen LogP contribution in [0.4, 0.5) is 5.82 Å². The highest BCUT2D eigenvalue weighted by atomic mass is 32.1. The maximum atomic E-state index is 11.5. The summed E-state index contributed by atoms with van der Waals surface area (Å²) in [7, 11) is 0. The number of carboxylic acid groups (broad SMARTS) is 1. The van der Waals surface area contributed by atoms with Crippen LogP contribution in [0.1, 0.15) is 37.9 Å². The van der Waals surface area contributed by atoms with Crippen LogP contribution < -0.4 is 5.32 Å². The van der Waals surface area contributed by atoms with E-state index in [4.69, 9.17) is 0 Å². The maximum absolute atomic E-state index is 11.5. The molecule has 2 aromatic rings. The number of nitrogens with zero attached hydrogens (tertiary/aromatic N) is 2. The van der Waals surface area contributed by atoms with Gasteiger partial charge in [0, 0.05) is 4.88 Å². The van der Waals surface area contributed by atoms with Crippen molar-refractivity contribution in [2.75, 3.05) is 5.32 Å². The molecule has 0 saturated carbocycles. The molecule has 2 unspecified atom stereocenters. The Morgan fingerprint density at radius 3 is 2.71 bits per heavy atom. The van der Waals surface area contributed by atoms with Gasteiger partial charge >= 0.3 is 5.97 Å². The number of anilines is 1. The van der Waals surface area contributed by atoms with Gasteiger partial charge in [-0.05, 0) is 25.3 Å². The smallest absolute Gasteiger partial charge is 0.326 e. The molecule has 0 amide bonds. The van der Waals surface area contributed by atoms with Crippen molar-refractivity contribution in [1.29, 1.82) is 0 Å². The van der Waals surface area contributed by atoms with Gasteiger partial charge in [0.2, 0.25) is 0 Å². The molecule has 0 saturated heterocycles. The van der Waals surface area contributed by atoms with Gasteiger partial charge in [-0.2, -0.15) is 0 Å². The minimum atomic E-state index is -0.847. The summed E-state index contributed by atoms with van der Waals surface area (Å²) in [5.41, 5.74) is 0. The van der Waals surface area contributed by atoms with E-state index < -0.39 is 12.0 Å². The zero-order valence-corrected chi connectivity index (χ0v) is 13.6. The summed E-state index contributed by atoms with van der Waals surface area (Å²) in [6.45, 7) is 7.84. The summed E-state index contributed by atoms with van der Waals surface area (Å²) in [6, 6.07) is 1.41. The SMILES string of the molecule is CCc1cc2c(NC(C(=O)O)C(C)CC)nc(C)nc2s1. The zero-order chi connectivity index (χ0) is 15.6. The Balaban J connectivity index is 2.44. The van der Waals surface area contributed by atoms with Crippen molar-refractivity contribution in [3.8, 4) is 0 Å². The van der Waals surface area contributed by atoms with E-state index in [9.17, 15) is 9.90 Å². The van der Waals surface area contributed by atoms with Gasteiger partial charge in [-0.15, -0.1) is 11.3 Å². The lowest BCUT2D eigenvalue weighted by molar-refractivity contribution is -0.139. The third-order valence-corrected chi connectivity index (χ3v) is 4.85. The quantitative estimate of drug-likeness (QED) is 0.854. The average Bonchev–Trinajstić information content (AvgIpc) is 2.86. The van der Waals surface area contributed by atoms with Crippen LogP contribution in [0.2, 0.25) is 0 Å². The minimum absolute atomic E-state index is 0.0251. The van der Waals surface area contributed by atoms with Crippen molar-refractivity contribution in [1.82, 2.24) is 9.97 Å². The summed E-state index contributed by atoms with van der Waals surface area (Å²) in [6.07, 6.45) is 1.73. The van der Waals surface area contributed by atoms with Gasteiger partial charge in [-0.25, -0.2) is 14.8 Å². The van der Waals surface area contributed by atoms with Gasteiger partial charge in [0.25, 0.3) is 0 Å². The van der Waals surface area contributed by atoms with Crippen LogP contribution in [0.15, 0.2) is 6.07 Å². The van der Waals surface area contributed by atoms with Gasteiger partial charge in [0.05, 0.1) is 5.39 Å². The Bertz CT molecular complexity index is 654. The number of aliphatic carboxylic acids is 1. The number of aromatic nitrogens is 2. The van der Waals surface area contributed by atoms with E-state index in [1.54, 1.807) is 11.3 Å². The van der Waals surface area contributed by atoms with Crippen LogP contribution in [0.25, 0.3) is 10.2 Å². The molecule has 2 atom stereocenters. The first-order valence-electron chi connectivity index (χ1n) is 7.22. The number of carbonyl (C=O) groups is 1. The number of rotatable bonds is 6. The molecule has 2 aromatic heterocycles. The molecular weight excluding hydrogens is 286 g/mol. The second-order valence-corrected chi connectivity index (χ2v) is 6.37. The van der Waals surface area contributed by atoms with Gasteiger partial charge < -0.3 is 10.4 Å². The highest BCUT2D eigenvalue weighted by Crippen LogP contribution is 2.30. The first-order valence-corrected chi connectivity index (χ1v) is 8.04. The maximum Gasteiger partial charge on any atom is 0.326 e. The van der Waals surface area contributed by atoms with Crippen molar-refractivity contribution in [2.24, 2.45) is 5.92 Å². The Kier molecular flexibility index (Phi) is 4.77. The Labute approximate surface area is 128 Å². The number of hydrogen-bond acceptors (Lipinski definition) is 5. The molecule has 21 heavy (non-hydrogen) atoms. The lowest BCUT2D eigenvalue weighted by Gasteiger charge is -2.21. The van der Waals surface area contributed by atoms with Crippen LogP contribution in [-0.2, 0) is 11.2 Å². The predicted octanol–water partition coefficient (Wildman–Crippen LogP) is 3.47. The van der Waals surface area contributed by atoms with E-state index in [-0.39, 0.29) is 5.92 Å². The molecule has 2 rings (SSSR count). The fourth-order valence-corrected chi connectivity index (χ4v) is 3.21. The van der Waals surface area contributed by atoms with Crippen LogP contribution in [-0.4, -0.2) is 27.1 Å². The minimum Gasteiger partial charge on any atom is -0.480 e. The van der Waals surface area contributed by atoms with Crippen molar-refractivity contribution in [3.05, 3.63) is 16.8 Å². The number of fused-ring (bicyclic) bond motifs is 1. The fourth-order valence-electron chi connectivity index (χ4n) is 2.19. The molecule has 0 aliphatic rings. The van der Waals surface area contributed by atoms with Gasteiger partial charge in [0.15, 0.2) is 0 Å². The van der Waals surface area contributed by atoms with Crippen LogP contribution >= 0.6 is 11.3 Å². The van der Waals surface area contributed by atoms with E-state index in [2.05, 4.69) is 28.3 Å². The molecule has 0 aliphatic carbocycles. The summed E-state index contributed by atoms with van der Waals surface area (Å²) in [5, 5.41) is 13.4. The molecule has 0 radical (unpaired) electrons. The van der Waals surface area contributed by atoms with Crippen LogP contribution in [0.5, 0.6) is 0 Å². The summed E-state index contributed by atoms with van der Waals surface area (Å²) in [4.78, 5) is 22.5. The Morgan fingerprint density at radius 1 is 1.43 bits per heavy atom. The number of thiophene rings is 1. The molecule has 0 fully saturated rings. The Hall–Kier alpha value is -1.69. The topological polar surface area (TPSA) is 75.1 Å². The molecule has 5 nitrogen and oxygen atoms in total. The standard InChI is InChI=1S/C15H21N3O2S/c1-5-8(3)12(15(19)20)18-13-11-7-10(6-2)21-14(11)17-9(4)16-13/h7-8,12H,5-6H2,1-4H3,(H,19,20)(H,16,17,18). The third kappa shape index (κ3) is 3.32. The second kappa shape index (κ2) is 6.39. The number of hydrogen-bond donors (Lipinski definition) is 2. The highest BCUT2D eigenvalue weighted by molar-refractivity contribution is 7.18. The molecule has 0 aromatic carbocycles. The second-order valence-electron chi connectivity index (χ2n) is 5.25. The van der Waals surface area contributed by atoms with Gasteiger partial charge in [0.1, 0.15) is 22.5 Å². The lowest BCUT2D eigenvalue weighted by atomic mass is 9.99. The number of carboxylic acids is 1. The molecule has 0 spiro atoms. The molecule has 2 heterocycles. The number of nitrogens with one attached hydrogen (secondary N) is 1. The predicted molar refractivity (Wildman–Crippen MR) is 86.0 cm³/mol. The molecule has 6 heteroatoms. The largest absolute Gasteiger partial charge is 0.480 e. The third-order valence-electron chi connectivity index (χ3n) is 3.68. The van der Waals surface area contributed by atoms with Crippen molar-refractivity contribution in [3.63, 3.8) is 0 Å². The fraction of sp³-hybridized carbons (Fsp3) is 0.533. The van der Waals surface area contributed by atoms with E-state index in [0.717, 1.165) is 23.1 Å². The van der Waals surface area contributed by atoms with E-state index in [0.29, 0.717) is 11.6 Å². The van der Waals surface area contributed by atoms with E-state index in [1.165, 1.54) is 4.88 Å². The average molecular weight is 307 g/mol. The van der Waals surface area contributed by atoms with Gasteiger partial charge in [-0.1, -0.05) is 27.2 Å². The van der Waals surface area contributed by atoms with E-state index >= 15 is 0 Å². The van der Waals surface area contributed by atoms with Crippen LogP contribution in [0, 0.1) is 12.8 Å². The highest BCUT2D eigenvalue weighted by Gasteiger charge is 2.25. The number of aryl methyl sites for hydroxylation is 2. The summed E-state index contributed by atoms with van der Waals surface area (Å²) < 4.78 is 0. The first-order chi connectivity index (χ1) is 9.96. The van der Waals surface area contributed by atoms with Gasteiger partial charge in [-0.3, -0.25) is 0 Å². The molecular formula is C15H21N3O2S. The monoisotopic (exact) mass is 307 g/mol. The van der Waals surface area contributed by atoms with E-state index in [1.807, 2.05) is 20.8 Å². The lowest BCUT2D eigenvalue weighted by Crippen LogP contribution is -2.35.